The molecule has 0 bridgehead atoms. The summed E-state index contributed by atoms with van der Waals surface area (Å²) >= 11 is 3.25. The zero-order valence-electron chi connectivity index (χ0n) is 9.39. The van der Waals surface area contributed by atoms with Crippen LogP contribution < -0.4 is 5.73 Å². The molecule has 3 aromatic rings. The maximum atomic E-state index is 13.0. The molecule has 0 fully saturated rings. The molecule has 2 aromatic heterocycles. The predicted molar refractivity (Wildman–Crippen MR) is 69.4 cm³/mol. The van der Waals surface area contributed by atoms with Gasteiger partial charge in [0.05, 0.1) is 0 Å². The summed E-state index contributed by atoms with van der Waals surface area (Å²) in [6.07, 6.45) is 0. The van der Waals surface area contributed by atoms with E-state index < -0.39 is 0 Å². The Labute approximate surface area is 115 Å². The molecule has 6 nitrogen and oxygen atoms in total. The fourth-order valence-electron chi connectivity index (χ4n) is 1.56. The van der Waals surface area contributed by atoms with E-state index in [1.54, 1.807) is 12.1 Å². The number of aromatic amines is 1. The maximum Gasteiger partial charge on any atom is 0.276 e. The molecular formula is C11H7BrFN5O. The number of benzene rings is 1. The Morgan fingerprint density at radius 3 is 2.84 bits per heavy atom. The zero-order chi connectivity index (χ0) is 13.4. The summed E-state index contributed by atoms with van der Waals surface area (Å²) < 4.78 is 18.7. The first-order chi connectivity index (χ1) is 9.13. The van der Waals surface area contributed by atoms with Crippen LogP contribution in [0.4, 0.5) is 10.2 Å². The SMILES string of the molecule is Nc1cc(-c2nc(-c3ccc(F)cc3Br)no2)[nH]n1. The van der Waals surface area contributed by atoms with Gasteiger partial charge in [0, 0.05) is 16.1 Å². The lowest BCUT2D eigenvalue weighted by Crippen LogP contribution is -1.84. The molecule has 3 rings (SSSR count). The van der Waals surface area contributed by atoms with Gasteiger partial charge in [0.15, 0.2) is 0 Å². The number of rotatable bonds is 2. The van der Waals surface area contributed by atoms with Crippen LogP contribution in [0.5, 0.6) is 0 Å². The summed E-state index contributed by atoms with van der Waals surface area (Å²) in [4.78, 5) is 4.20. The highest BCUT2D eigenvalue weighted by Crippen LogP contribution is 2.28. The van der Waals surface area contributed by atoms with E-state index in [1.807, 2.05) is 0 Å². The second-order valence-corrected chi connectivity index (χ2v) is 4.61. The summed E-state index contributed by atoms with van der Waals surface area (Å²) in [5.41, 5.74) is 6.64. The van der Waals surface area contributed by atoms with E-state index in [0.29, 0.717) is 27.4 Å². The summed E-state index contributed by atoms with van der Waals surface area (Å²) in [7, 11) is 0. The highest BCUT2D eigenvalue weighted by molar-refractivity contribution is 9.10. The van der Waals surface area contributed by atoms with Gasteiger partial charge in [0.2, 0.25) is 5.82 Å². The number of nitrogen functional groups attached to an aromatic ring is 1. The van der Waals surface area contributed by atoms with Crippen molar-refractivity contribution in [2.75, 3.05) is 5.73 Å². The topological polar surface area (TPSA) is 93.6 Å². The van der Waals surface area contributed by atoms with Crippen LogP contribution >= 0.6 is 15.9 Å². The smallest absolute Gasteiger partial charge is 0.276 e. The van der Waals surface area contributed by atoms with Crippen LogP contribution in [0.2, 0.25) is 0 Å². The molecule has 0 atom stereocenters. The van der Waals surface area contributed by atoms with Gasteiger partial charge in [0.25, 0.3) is 5.89 Å². The van der Waals surface area contributed by atoms with Crippen LogP contribution in [0.15, 0.2) is 33.3 Å². The Balaban J connectivity index is 2.01. The van der Waals surface area contributed by atoms with Crippen LogP contribution in [-0.2, 0) is 0 Å². The van der Waals surface area contributed by atoms with E-state index in [2.05, 4.69) is 36.3 Å². The number of nitrogens with two attached hydrogens (primary N) is 1. The lowest BCUT2D eigenvalue weighted by Gasteiger charge is -1.97. The van der Waals surface area contributed by atoms with Gasteiger partial charge in [-0.15, -0.1) is 0 Å². The molecule has 0 aliphatic carbocycles. The van der Waals surface area contributed by atoms with Crippen LogP contribution in [-0.4, -0.2) is 20.3 Å². The van der Waals surface area contributed by atoms with Crippen molar-refractivity contribution in [3.8, 4) is 23.0 Å². The van der Waals surface area contributed by atoms with Gasteiger partial charge >= 0.3 is 0 Å². The van der Waals surface area contributed by atoms with Crippen molar-refractivity contribution in [1.29, 1.82) is 0 Å². The van der Waals surface area contributed by atoms with Crippen molar-refractivity contribution in [2.45, 2.75) is 0 Å². The van der Waals surface area contributed by atoms with Gasteiger partial charge in [-0.2, -0.15) is 10.1 Å². The van der Waals surface area contributed by atoms with Gasteiger partial charge in [0.1, 0.15) is 17.3 Å². The lowest BCUT2D eigenvalue weighted by molar-refractivity contribution is 0.431. The molecule has 96 valence electrons. The first-order valence-electron chi connectivity index (χ1n) is 5.24. The minimum absolute atomic E-state index is 0.260. The lowest BCUT2D eigenvalue weighted by atomic mass is 10.2. The zero-order valence-corrected chi connectivity index (χ0v) is 11.0. The third kappa shape index (κ3) is 2.22. The van der Waals surface area contributed by atoms with Crippen molar-refractivity contribution < 1.29 is 8.91 Å². The number of nitrogens with zero attached hydrogens (tertiary/aromatic N) is 3. The molecular weight excluding hydrogens is 317 g/mol. The third-order valence-corrected chi connectivity index (χ3v) is 3.08. The van der Waals surface area contributed by atoms with E-state index in [1.165, 1.54) is 12.1 Å². The first kappa shape index (κ1) is 11.8. The largest absolute Gasteiger partial charge is 0.382 e. The monoisotopic (exact) mass is 323 g/mol. The summed E-state index contributed by atoms with van der Waals surface area (Å²) in [5, 5.41) is 10.3. The van der Waals surface area contributed by atoms with Crippen LogP contribution in [0.3, 0.4) is 0 Å². The summed E-state index contributed by atoms with van der Waals surface area (Å²) in [6, 6.07) is 5.80. The quantitative estimate of drug-likeness (QED) is 0.756. The molecule has 0 aliphatic rings. The number of nitrogens with one attached hydrogen (secondary N) is 1. The average Bonchev–Trinajstić information content (AvgIpc) is 2.97. The number of aromatic nitrogens is 4. The van der Waals surface area contributed by atoms with E-state index in [0.717, 1.165) is 0 Å². The van der Waals surface area contributed by atoms with Crippen molar-refractivity contribution in [3.05, 3.63) is 34.6 Å². The molecule has 0 amide bonds. The van der Waals surface area contributed by atoms with Gasteiger partial charge in [-0.25, -0.2) is 4.39 Å². The molecule has 2 heterocycles. The fourth-order valence-corrected chi connectivity index (χ4v) is 2.09. The van der Waals surface area contributed by atoms with E-state index in [9.17, 15) is 4.39 Å². The Morgan fingerprint density at radius 2 is 2.16 bits per heavy atom. The number of anilines is 1. The number of halogens is 2. The Kier molecular flexibility index (Phi) is 2.79. The second kappa shape index (κ2) is 4.47. The standard InChI is InChI=1S/C11H7BrFN5O/c12-7-3-5(13)1-2-6(7)10-15-11(19-18-10)8-4-9(14)17-16-8/h1-4H,(H3,14,16,17). The molecule has 0 aliphatic heterocycles. The van der Waals surface area contributed by atoms with Crippen LogP contribution in [0.25, 0.3) is 23.0 Å². The molecule has 0 unspecified atom stereocenters. The number of H-pyrrole nitrogens is 1. The molecule has 1 aromatic carbocycles. The van der Waals surface area contributed by atoms with Crippen molar-refractivity contribution in [2.24, 2.45) is 0 Å². The molecule has 0 spiro atoms. The minimum Gasteiger partial charge on any atom is -0.382 e. The Bertz CT molecular complexity index is 738. The minimum atomic E-state index is -0.347. The van der Waals surface area contributed by atoms with E-state index >= 15 is 0 Å². The fraction of sp³-hybridized carbons (Fsp3) is 0. The van der Waals surface area contributed by atoms with Crippen molar-refractivity contribution >= 4 is 21.7 Å². The number of hydrogen-bond donors (Lipinski definition) is 2. The molecule has 0 saturated heterocycles. The van der Waals surface area contributed by atoms with Crippen molar-refractivity contribution in [1.82, 2.24) is 20.3 Å². The summed E-state index contributed by atoms with van der Waals surface area (Å²) in [6.45, 7) is 0. The van der Waals surface area contributed by atoms with Gasteiger partial charge in [-0.05, 0) is 34.1 Å². The average molecular weight is 324 g/mol. The van der Waals surface area contributed by atoms with Gasteiger partial charge in [-0.3, -0.25) is 5.10 Å². The molecule has 0 saturated carbocycles. The Morgan fingerprint density at radius 1 is 1.32 bits per heavy atom. The highest BCUT2D eigenvalue weighted by atomic mass is 79.9. The van der Waals surface area contributed by atoms with E-state index in [4.69, 9.17) is 10.3 Å². The van der Waals surface area contributed by atoms with Crippen LogP contribution in [0.1, 0.15) is 0 Å². The van der Waals surface area contributed by atoms with Crippen LogP contribution in [0, 0.1) is 5.82 Å². The second-order valence-electron chi connectivity index (χ2n) is 3.75. The summed E-state index contributed by atoms with van der Waals surface area (Å²) in [5.74, 6) is 0.587. The highest BCUT2D eigenvalue weighted by Gasteiger charge is 2.14. The van der Waals surface area contributed by atoms with Gasteiger partial charge in [-0.1, -0.05) is 5.16 Å². The number of hydrogen-bond acceptors (Lipinski definition) is 5. The molecule has 19 heavy (non-hydrogen) atoms. The first-order valence-corrected chi connectivity index (χ1v) is 6.03. The molecule has 0 radical (unpaired) electrons. The molecule has 8 heteroatoms. The van der Waals surface area contributed by atoms with Crippen molar-refractivity contribution in [3.63, 3.8) is 0 Å². The molecule has 3 N–H and O–H groups in total. The Hall–Kier alpha value is -2.22. The van der Waals surface area contributed by atoms with Gasteiger partial charge < -0.3 is 10.3 Å². The predicted octanol–water partition coefficient (Wildman–Crippen LogP) is 2.61. The maximum absolute atomic E-state index is 13.0. The van der Waals surface area contributed by atoms with E-state index in [-0.39, 0.29) is 11.7 Å². The third-order valence-electron chi connectivity index (χ3n) is 2.43. The normalized spacial score (nSPS) is 10.8.